The smallest absolute Gasteiger partial charge is 0.0625 e. The molecule has 0 N–H and O–H groups in total. The summed E-state index contributed by atoms with van der Waals surface area (Å²) in [6.07, 6.45) is 0. The lowest BCUT2D eigenvalue weighted by molar-refractivity contribution is 1.18. The maximum Gasteiger partial charge on any atom is 0.0625 e. The fourth-order valence-electron chi connectivity index (χ4n) is 6.98. The van der Waals surface area contributed by atoms with Crippen molar-refractivity contribution in [3.05, 3.63) is 170 Å². The van der Waals surface area contributed by atoms with Crippen molar-refractivity contribution in [1.29, 1.82) is 0 Å². The molecule has 0 radical (unpaired) electrons. The quantitative estimate of drug-likeness (QED) is 0.194. The van der Waals surface area contributed by atoms with Gasteiger partial charge in [0, 0.05) is 38.9 Å². The van der Waals surface area contributed by atoms with E-state index < -0.39 is 0 Å². The lowest BCUT2D eigenvalue weighted by atomic mass is 9.96. The lowest BCUT2D eigenvalue weighted by Gasteiger charge is -2.25. The van der Waals surface area contributed by atoms with Gasteiger partial charge in [-0.15, -0.1) is 0 Å². The van der Waals surface area contributed by atoms with Crippen LogP contribution in [-0.2, 0) is 0 Å². The minimum absolute atomic E-state index is 1.12. The SMILES string of the molecule is c1ccc(N(c2ccccc2)c2ccc(-n3c4cc5ccccc5cc4c4c5ccccc5c5ccccc5c43)cc2)cc1. The maximum atomic E-state index is 2.48. The molecule has 0 fully saturated rings. The van der Waals surface area contributed by atoms with E-state index in [4.69, 9.17) is 0 Å². The topological polar surface area (TPSA) is 8.17 Å². The van der Waals surface area contributed by atoms with E-state index in [1.54, 1.807) is 0 Å². The van der Waals surface area contributed by atoms with Crippen LogP contribution in [0.4, 0.5) is 17.1 Å². The molecule has 206 valence electrons. The molecular formula is C42H28N2. The van der Waals surface area contributed by atoms with E-state index >= 15 is 0 Å². The average Bonchev–Trinajstić information content (AvgIpc) is 3.43. The second kappa shape index (κ2) is 9.86. The van der Waals surface area contributed by atoms with Gasteiger partial charge in [-0.2, -0.15) is 0 Å². The van der Waals surface area contributed by atoms with Crippen LogP contribution in [0, 0.1) is 0 Å². The number of para-hydroxylation sites is 2. The number of hydrogen-bond acceptors (Lipinski definition) is 1. The number of anilines is 3. The normalized spacial score (nSPS) is 11.6. The summed E-state index contributed by atoms with van der Waals surface area (Å²) in [6.45, 7) is 0. The first-order valence-corrected chi connectivity index (χ1v) is 15.1. The standard InChI is InChI=1S/C42H28N2/c1-3-15-31(16-4-1)43(32-17-5-2-6-18-32)33-23-25-34(26-24-33)44-40-28-30-14-8-7-13-29(30)27-39(40)41-37-21-11-9-19-35(37)36-20-10-12-22-38(36)42(41)44/h1-28H. The van der Waals surface area contributed by atoms with Crippen molar-refractivity contribution in [3.8, 4) is 5.69 Å². The predicted molar refractivity (Wildman–Crippen MR) is 188 cm³/mol. The van der Waals surface area contributed by atoms with Gasteiger partial charge < -0.3 is 9.47 Å². The Morgan fingerprint density at radius 1 is 0.364 bits per heavy atom. The minimum Gasteiger partial charge on any atom is -0.311 e. The third-order valence-corrected chi connectivity index (χ3v) is 8.90. The third kappa shape index (κ3) is 3.75. The van der Waals surface area contributed by atoms with Crippen LogP contribution in [0.5, 0.6) is 0 Å². The van der Waals surface area contributed by atoms with Crippen LogP contribution in [0.25, 0.3) is 59.8 Å². The highest BCUT2D eigenvalue weighted by Gasteiger charge is 2.20. The van der Waals surface area contributed by atoms with Crippen LogP contribution in [0.15, 0.2) is 170 Å². The van der Waals surface area contributed by atoms with Crippen molar-refractivity contribution in [2.24, 2.45) is 0 Å². The molecule has 0 atom stereocenters. The Labute approximate surface area is 255 Å². The van der Waals surface area contributed by atoms with Gasteiger partial charge in [0.2, 0.25) is 0 Å². The third-order valence-electron chi connectivity index (χ3n) is 8.90. The van der Waals surface area contributed by atoms with Crippen molar-refractivity contribution >= 4 is 71.2 Å². The van der Waals surface area contributed by atoms with E-state index in [-0.39, 0.29) is 0 Å². The molecule has 0 amide bonds. The van der Waals surface area contributed by atoms with Crippen LogP contribution in [0.1, 0.15) is 0 Å². The van der Waals surface area contributed by atoms with Gasteiger partial charge in [-0.25, -0.2) is 0 Å². The Morgan fingerprint density at radius 3 is 1.48 bits per heavy atom. The molecular weight excluding hydrogens is 532 g/mol. The van der Waals surface area contributed by atoms with Gasteiger partial charge in [0.15, 0.2) is 0 Å². The van der Waals surface area contributed by atoms with Crippen molar-refractivity contribution < 1.29 is 0 Å². The van der Waals surface area contributed by atoms with Crippen molar-refractivity contribution in [2.45, 2.75) is 0 Å². The Hall–Kier alpha value is -5.86. The first-order valence-electron chi connectivity index (χ1n) is 15.1. The lowest BCUT2D eigenvalue weighted by Crippen LogP contribution is -2.09. The monoisotopic (exact) mass is 560 g/mol. The molecule has 1 heterocycles. The van der Waals surface area contributed by atoms with E-state index in [1.807, 2.05) is 0 Å². The molecule has 0 saturated carbocycles. The van der Waals surface area contributed by atoms with Crippen LogP contribution in [-0.4, -0.2) is 4.57 Å². The van der Waals surface area contributed by atoms with Gasteiger partial charge in [-0.05, 0) is 87.6 Å². The van der Waals surface area contributed by atoms with Gasteiger partial charge in [0.05, 0.1) is 11.0 Å². The molecule has 9 rings (SSSR count). The van der Waals surface area contributed by atoms with Gasteiger partial charge in [-0.1, -0.05) is 109 Å². The molecule has 0 saturated heterocycles. The summed E-state index contributed by atoms with van der Waals surface area (Å²) < 4.78 is 2.48. The number of rotatable bonds is 4. The van der Waals surface area contributed by atoms with Crippen molar-refractivity contribution in [2.75, 3.05) is 4.90 Å². The number of aromatic nitrogens is 1. The predicted octanol–water partition coefficient (Wildman–Crippen LogP) is 11.7. The summed E-state index contributed by atoms with van der Waals surface area (Å²) in [5.74, 6) is 0. The van der Waals surface area contributed by atoms with Gasteiger partial charge in [0.25, 0.3) is 0 Å². The summed E-state index contributed by atoms with van der Waals surface area (Å²) in [6, 6.07) is 61.3. The number of nitrogens with zero attached hydrogens (tertiary/aromatic N) is 2. The highest BCUT2D eigenvalue weighted by Crippen LogP contribution is 2.44. The van der Waals surface area contributed by atoms with E-state index in [2.05, 4.69) is 179 Å². The Bertz CT molecular complexity index is 2430. The van der Waals surface area contributed by atoms with Gasteiger partial charge in [0.1, 0.15) is 0 Å². The molecule has 9 aromatic rings. The molecule has 0 aliphatic rings. The molecule has 0 bridgehead atoms. The van der Waals surface area contributed by atoms with Gasteiger partial charge in [-0.3, -0.25) is 0 Å². The molecule has 0 unspecified atom stereocenters. The Morgan fingerprint density at radius 2 is 0.841 bits per heavy atom. The van der Waals surface area contributed by atoms with Crippen LogP contribution in [0.3, 0.4) is 0 Å². The van der Waals surface area contributed by atoms with Gasteiger partial charge >= 0.3 is 0 Å². The maximum absolute atomic E-state index is 2.48. The first-order chi connectivity index (χ1) is 21.8. The molecule has 0 spiro atoms. The number of hydrogen-bond donors (Lipinski definition) is 0. The molecule has 0 aliphatic carbocycles. The van der Waals surface area contributed by atoms with Crippen molar-refractivity contribution in [3.63, 3.8) is 0 Å². The zero-order chi connectivity index (χ0) is 29.0. The fraction of sp³-hybridized carbons (Fsp3) is 0. The Balaban J connectivity index is 1.36. The second-order valence-corrected chi connectivity index (χ2v) is 11.4. The number of fused-ring (bicyclic) bond motifs is 9. The van der Waals surface area contributed by atoms with Crippen molar-refractivity contribution in [1.82, 2.24) is 4.57 Å². The van der Waals surface area contributed by atoms with E-state index in [9.17, 15) is 0 Å². The summed E-state index contributed by atoms with van der Waals surface area (Å²) in [7, 11) is 0. The Kier molecular flexibility index (Phi) is 5.54. The second-order valence-electron chi connectivity index (χ2n) is 11.4. The average molecular weight is 561 g/mol. The summed E-state index contributed by atoms with van der Waals surface area (Å²) >= 11 is 0. The minimum atomic E-state index is 1.12. The fourth-order valence-corrected chi connectivity index (χ4v) is 6.98. The van der Waals surface area contributed by atoms with Crippen LogP contribution < -0.4 is 4.90 Å². The molecule has 0 aliphatic heterocycles. The zero-order valence-electron chi connectivity index (χ0n) is 24.1. The van der Waals surface area contributed by atoms with Crippen LogP contribution in [0.2, 0.25) is 0 Å². The summed E-state index contributed by atoms with van der Waals surface area (Å²) in [5, 5.41) is 10.2. The largest absolute Gasteiger partial charge is 0.311 e. The van der Waals surface area contributed by atoms with E-state index in [0.29, 0.717) is 0 Å². The highest BCUT2D eigenvalue weighted by atomic mass is 15.1. The summed E-state index contributed by atoms with van der Waals surface area (Å²) in [5.41, 5.74) is 6.99. The number of benzene rings is 8. The highest BCUT2D eigenvalue weighted by molar-refractivity contribution is 6.32. The molecule has 44 heavy (non-hydrogen) atoms. The first kappa shape index (κ1) is 24.7. The zero-order valence-corrected chi connectivity index (χ0v) is 24.1. The van der Waals surface area contributed by atoms with E-state index in [0.717, 1.165) is 22.7 Å². The molecule has 2 heteroatoms. The van der Waals surface area contributed by atoms with E-state index in [1.165, 1.54) is 54.1 Å². The molecule has 1 aromatic heterocycles. The molecule has 2 nitrogen and oxygen atoms in total. The van der Waals surface area contributed by atoms with Crippen LogP contribution >= 0.6 is 0 Å². The molecule has 8 aromatic carbocycles. The summed E-state index contributed by atoms with van der Waals surface area (Å²) in [4.78, 5) is 2.31.